The number of carbonyl (C=O) groups excluding carboxylic acids is 1. The van der Waals surface area contributed by atoms with Crippen LogP contribution in [0.25, 0.3) is 0 Å². The topological polar surface area (TPSA) is 66.7 Å². The maximum absolute atomic E-state index is 12.9. The number of hydrogen-bond donors (Lipinski definition) is 2. The predicted octanol–water partition coefficient (Wildman–Crippen LogP) is 3.79. The van der Waals surface area contributed by atoms with Gasteiger partial charge in [0.1, 0.15) is 11.5 Å². The van der Waals surface area contributed by atoms with Crippen LogP contribution in [0, 0.1) is 13.8 Å². The summed E-state index contributed by atoms with van der Waals surface area (Å²) in [6.07, 6.45) is -4.38. The van der Waals surface area contributed by atoms with Crippen molar-refractivity contribution in [1.82, 2.24) is 15.5 Å². The first-order valence-electron chi connectivity index (χ1n) is 9.80. The van der Waals surface area contributed by atoms with Crippen molar-refractivity contribution in [1.29, 1.82) is 0 Å². The molecule has 1 atom stereocenters. The van der Waals surface area contributed by atoms with Crippen molar-refractivity contribution in [3.63, 3.8) is 0 Å². The zero-order valence-corrected chi connectivity index (χ0v) is 17.0. The first-order valence-corrected chi connectivity index (χ1v) is 9.80. The van der Waals surface area contributed by atoms with E-state index in [2.05, 4.69) is 15.5 Å². The van der Waals surface area contributed by atoms with Gasteiger partial charge in [0.2, 0.25) is 0 Å². The largest absolute Gasteiger partial charge is 0.466 e. The summed E-state index contributed by atoms with van der Waals surface area (Å²) in [5.41, 5.74) is 0.921. The molecule has 0 bridgehead atoms. The van der Waals surface area contributed by atoms with Gasteiger partial charge in [0, 0.05) is 31.7 Å². The molecule has 0 spiro atoms. The number of urea groups is 1. The van der Waals surface area contributed by atoms with Crippen molar-refractivity contribution < 1.29 is 27.1 Å². The maximum atomic E-state index is 12.9. The number of morpholine rings is 1. The summed E-state index contributed by atoms with van der Waals surface area (Å²) in [6, 6.07) is 6.37. The number of nitrogens with one attached hydrogen (secondary N) is 2. The number of rotatable bonds is 6. The van der Waals surface area contributed by atoms with Crippen molar-refractivity contribution in [2.24, 2.45) is 0 Å². The molecule has 1 aliphatic heterocycles. The van der Waals surface area contributed by atoms with Crippen molar-refractivity contribution in [3.05, 3.63) is 58.5 Å². The molecule has 164 valence electrons. The molecule has 1 aromatic heterocycles. The van der Waals surface area contributed by atoms with E-state index in [9.17, 15) is 18.0 Å². The van der Waals surface area contributed by atoms with Gasteiger partial charge in [-0.15, -0.1) is 0 Å². The summed E-state index contributed by atoms with van der Waals surface area (Å²) < 4.78 is 49.5. The maximum Gasteiger partial charge on any atom is 0.416 e. The Bertz CT molecular complexity index is 843. The minimum atomic E-state index is -4.38. The number of halogens is 3. The minimum Gasteiger partial charge on any atom is -0.466 e. The van der Waals surface area contributed by atoms with Gasteiger partial charge in [0.05, 0.1) is 24.8 Å². The Kier molecular flexibility index (Phi) is 7.04. The lowest BCUT2D eigenvalue weighted by Gasteiger charge is -2.35. The van der Waals surface area contributed by atoms with Crippen LogP contribution in [0.2, 0.25) is 0 Å². The van der Waals surface area contributed by atoms with E-state index in [4.69, 9.17) is 9.15 Å². The number of carbonyl (C=O) groups is 1. The molecular weight excluding hydrogens is 399 g/mol. The summed E-state index contributed by atoms with van der Waals surface area (Å²) >= 11 is 0. The van der Waals surface area contributed by atoms with Crippen molar-refractivity contribution in [3.8, 4) is 0 Å². The lowest BCUT2D eigenvalue weighted by Crippen LogP contribution is -2.45. The van der Waals surface area contributed by atoms with Gasteiger partial charge < -0.3 is 19.8 Å². The number of furan rings is 1. The van der Waals surface area contributed by atoms with E-state index in [1.54, 1.807) is 0 Å². The van der Waals surface area contributed by atoms with Gasteiger partial charge in [-0.2, -0.15) is 13.2 Å². The second kappa shape index (κ2) is 9.53. The molecule has 0 radical (unpaired) electrons. The molecule has 2 heterocycles. The van der Waals surface area contributed by atoms with Crippen molar-refractivity contribution in [2.75, 3.05) is 32.8 Å². The van der Waals surface area contributed by atoms with Gasteiger partial charge in [-0.3, -0.25) is 4.90 Å². The summed E-state index contributed by atoms with van der Waals surface area (Å²) in [4.78, 5) is 14.4. The lowest BCUT2D eigenvalue weighted by atomic mass is 10.0. The third kappa shape index (κ3) is 5.76. The number of nitrogens with zero attached hydrogens (tertiary/aromatic N) is 1. The number of benzene rings is 1. The highest BCUT2D eigenvalue weighted by Crippen LogP contribution is 2.31. The predicted molar refractivity (Wildman–Crippen MR) is 105 cm³/mol. The van der Waals surface area contributed by atoms with Gasteiger partial charge in [-0.05, 0) is 37.6 Å². The second-order valence-corrected chi connectivity index (χ2v) is 7.29. The molecule has 1 unspecified atom stereocenters. The zero-order chi connectivity index (χ0) is 21.7. The van der Waals surface area contributed by atoms with E-state index in [0.29, 0.717) is 38.4 Å². The Balaban J connectivity index is 1.64. The van der Waals surface area contributed by atoms with Crippen molar-refractivity contribution >= 4 is 6.03 Å². The van der Waals surface area contributed by atoms with E-state index in [1.807, 2.05) is 19.9 Å². The van der Waals surface area contributed by atoms with Crippen LogP contribution in [0.15, 0.2) is 34.7 Å². The Morgan fingerprint density at radius 2 is 1.80 bits per heavy atom. The van der Waals surface area contributed by atoms with E-state index in [0.717, 1.165) is 29.2 Å². The van der Waals surface area contributed by atoms with E-state index in [1.165, 1.54) is 12.1 Å². The molecular formula is C21H26F3N3O3. The number of ether oxygens (including phenoxy) is 1. The first-order chi connectivity index (χ1) is 14.2. The monoisotopic (exact) mass is 425 g/mol. The first kappa shape index (κ1) is 22.2. The highest BCUT2D eigenvalue weighted by Gasteiger charge is 2.31. The summed E-state index contributed by atoms with van der Waals surface area (Å²) in [6.45, 7) is 6.64. The average molecular weight is 425 g/mol. The van der Waals surface area contributed by atoms with Gasteiger partial charge in [0.15, 0.2) is 0 Å². The van der Waals surface area contributed by atoms with Gasteiger partial charge in [-0.1, -0.05) is 12.1 Å². The Morgan fingerprint density at radius 1 is 1.13 bits per heavy atom. The number of hydrogen-bond acceptors (Lipinski definition) is 4. The summed E-state index contributed by atoms with van der Waals surface area (Å²) in [5.74, 6) is 1.53. The van der Waals surface area contributed by atoms with Gasteiger partial charge in [0.25, 0.3) is 0 Å². The van der Waals surface area contributed by atoms with Crippen LogP contribution in [0.3, 0.4) is 0 Å². The van der Waals surface area contributed by atoms with Crippen LogP contribution < -0.4 is 10.6 Å². The van der Waals surface area contributed by atoms with Crippen LogP contribution in [0.1, 0.15) is 34.3 Å². The molecule has 1 fully saturated rings. The molecule has 2 amide bonds. The molecule has 1 aliphatic rings. The molecule has 2 N–H and O–H groups in total. The SMILES string of the molecule is Cc1cc(CNC(=O)NCC(c2ccc(C(F)(F)F)cc2)N2CCOCC2)c(C)o1. The average Bonchev–Trinajstić information content (AvgIpc) is 3.04. The summed E-state index contributed by atoms with van der Waals surface area (Å²) in [5, 5.41) is 5.62. The van der Waals surface area contributed by atoms with E-state index in [-0.39, 0.29) is 18.6 Å². The Labute approximate surface area is 173 Å². The zero-order valence-electron chi connectivity index (χ0n) is 17.0. The minimum absolute atomic E-state index is 0.250. The standard InChI is InChI=1S/C21H26F3N3O3/c1-14-11-17(15(2)30-14)12-25-20(28)26-13-19(27-7-9-29-10-8-27)16-3-5-18(6-4-16)21(22,23)24/h3-6,11,19H,7-10,12-13H2,1-2H3,(H2,25,26,28). The summed E-state index contributed by atoms with van der Waals surface area (Å²) in [7, 11) is 0. The van der Waals surface area contributed by atoms with Crippen molar-refractivity contribution in [2.45, 2.75) is 32.6 Å². The molecule has 0 aliphatic carbocycles. The van der Waals surface area contributed by atoms with E-state index < -0.39 is 11.7 Å². The molecule has 30 heavy (non-hydrogen) atoms. The third-order valence-electron chi connectivity index (χ3n) is 5.15. The fourth-order valence-corrected chi connectivity index (χ4v) is 3.53. The third-order valence-corrected chi connectivity index (χ3v) is 5.15. The van der Waals surface area contributed by atoms with Gasteiger partial charge >= 0.3 is 12.2 Å². The number of alkyl halides is 3. The lowest BCUT2D eigenvalue weighted by molar-refractivity contribution is -0.137. The number of aryl methyl sites for hydroxylation is 2. The van der Waals surface area contributed by atoms with Crippen LogP contribution in [0.4, 0.5) is 18.0 Å². The normalized spacial score (nSPS) is 16.3. The fourth-order valence-electron chi connectivity index (χ4n) is 3.53. The number of amides is 2. The molecule has 2 aromatic rings. The molecule has 1 aromatic carbocycles. The second-order valence-electron chi connectivity index (χ2n) is 7.29. The fraction of sp³-hybridized carbons (Fsp3) is 0.476. The van der Waals surface area contributed by atoms with Crippen LogP contribution in [-0.2, 0) is 17.5 Å². The highest BCUT2D eigenvalue weighted by molar-refractivity contribution is 5.73. The molecule has 3 rings (SSSR count). The molecule has 6 nitrogen and oxygen atoms in total. The Morgan fingerprint density at radius 3 is 2.37 bits per heavy atom. The quantitative estimate of drug-likeness (QED) is 0.739. The molecule has 9 heteroatoms. The molecule has 0 saturated carbocycles. The highest BCUT2D eigenvalue weighted by atomic mass is 19.4. The van der Waals surface area contributed by atoms with Crippen LogP contribution in [0.5, 0.6) is 0 Å². The van der Waals surface area contributed by atoms with Crippen LogP contribution >= 0.6 is 0 Å². The molecule has 1 saturated heterocycles. The Hall–Kier alpha value is -2.52. The van der Waals surface area contributed by atoms with Gasteiger partial charge in [-0.25, -0.2) is 4.79 Å². The van der Waals surface area contributed by atoms with Crippen LogP contribution in [-0.4, -0.2) is 43.8 Å². The van der Waals surface area contributed by atoms with E-state index >= 15 is 0 Å². The smallest absolute Gasteiger partial charge is 0.416 e.